The van der Waals surface area contributed by atoms with Crippen molar-refractivity contribution < 1.29 is 14.3 Å². The number of aryl methyl sites for hydroxylation is 2. The van der Waals surface area contributed by atoms with Crippen molar-refractivity contribution in [3.8, 4) is 0 Å². The summed E-state index contributed by atoms with van der Waals surface area (Å²) in [5.41, 5.74) is 3.13. The minimum atomic E-state index is -0.499. The smallest absolute Gasteiger partial charge is 0.410 e. The Morgan fingerprint density at radius 2 is 1.71 bits per heavy atom. The second-order valence-corrected chi connectivity index (χ2v) is 8.84. The van der Waals surface area contributed by atoms with E-state index in [0.717, 1.165) is 23.9 Å². The molecule has 5 heteroatoms. The molecule has 1 fully saturated rings. The van der Waals surface area contributed by atoms with Gasteiger partial charge in [0, 0.05) is 30.1 Å². The summed E-state index contributed by atoms with van der Waals surface area (Å²) in [4.78, 5) is 26.8. The number of carbonyl (C=O) groups is 2. The van der Waals surface area contributed by atoms with Gasteiger partial charge in [-0.15, -0.1) is 0 Å². The van der Waals surface area contributed by atoms with Gasteiger partial charge in [-0.25, -0.2) is 4.79 Å². The first kappa shape index (κ1) is 18.8. The van der Waals surface area contributed by atoms with E-state index in [0.29, 0.717) is 25.9 Å². The molecule has 1 aliphatic carbocycles. The van der Waals surface area contributed by atoms with Crippen LogP contribution >= 0.6 is 0 Å². The molecule has 5 nitrogen and oxygen atoms in total. The molecule has 0 bridgehead atoms. The molecule has 1 N–H and O–H groups in total. The number of anilines is 1. The number of nitrogens with zero attached hydrogens (tertiary/aromatic N) is 1. The molecule has 0 saturated carbocycles. The van der Waals surface area contributed by atoms with Crippen LogP contribution in [-0.2, 0) is 22.4 Å². The predicted octanol–water partition coefficient (Wildman–Crippen LogP) is 4.52. The van der Waals surface area contributed by atoms with E-state index >= 15 is 0 Å². The second kappa shape index (κ2) is 7.12. The molecule has 0 aromatic heterocycles. The molecule has 1 aliphatic heterocycles. The van der Waals surface area contributed by atoms with Crippen LogP contribution in [0.2, 0.25) is 0 Å². The van der Waals surface area contributed by atoms with E-state index in [2.05, 4.69) is 29.6 Å². The molecule has 2 aliphatic rings. The van der Waals surface area contributed by atoms with Crippen LogP contribution in [-0.4, -0.2) is 35.6 Å². The number of rotatable bonds is 2. The molecule has 2 amide bonds. The molecule has 1 heterocycles. The van der Waals surface area contributed by atoms with Crippen molar-refractivity contribution in [1.82, 2.24) is 4.90 Å². The van der Waals surface area contributed by atoms with E-state index in [1.165, 1.54) is 16.5 Å². The lowest BCUT2D eigenvalue weighted by molar-refractivity contribution is -0.121. The van der Waals surface area contributed by atoms with Gasteiger partial charge in [0.2, 0.25) is 5.91 Å². The minimum Gasteiger partial charge on any atom is -0.444 e. The van der Waals surface area contributed by atoms with Crippen molar-refractivity contribution in [2.45, 2.75) is 52.1 Å². The molecule has 1 saturated heterocycles. The van der Waals surface area contributed by atoms with Gasteiger partial charge >= 0.3 is 6.09 Å². The Labute approximate surface area is 166 Å². The van der Waals surface area contributed by atoms with E-state index in [1.54, 1.807) is 4.90 Å². The van der Waals surface area contributed by atoms with Crippen LogP contribution in [0.25, 0.3) is 10.8 Å². The Bertz CT molecular complexity index is 911. The van der Waals surface area contributed by atoms with E-state index in [-0.39, 0.29) is 17.9 Å². The Morgan fingerprint density at radius 3 is 2.39 bits per heavy atom. The molecule has 0 radical (unpaired) electrons. The van der Waals surface area contributed by atoms with Crippen LogP contribution in [0.5, 0.6) is 0 Å². The summed E-state index contributed by atoms with van der Waals surface area (Å²) < 4.78 is 5.43. The summed E-state index contributed by atoms with van der Waals surface area (Å²) in [7, 11) is 0. The number of amides is 2. The monoisotopic (exact) mass is 380 g/mol. The summed E-state index contributed by atoms with van der Waals surface area (Å²) in [6, 6.07) is 10.5. The molecule has 28 heavy (non-hydrogen) atoms. The van der Waals surface area contributed by atoms with Gasteiger partial charge in [0.25, 0.3) is 0 Å². The standard InChI is InChI=1S/C23H28N2O3/c1-23(2,3)28-22(27)25-13-11-17(12-14-25)21(26)24-19-10-9-16-8-7-15-5-4-6-18(19)20(15)16/h4-6,9-10,17H,7-8,11-14H2,1-3H3,(H,24,26). The quantitative estimate of drug-likeness (QED) is 0.833. The number of piperidine rings is 1. The maximum atomic E-state index is 12.9. The highest BCUT2D eigenvalue weighted by molar-refractivity contribution is 6.05. The highest BCUT2D eigenvalue weighted by atomic mass is 16.6. The Balaban J connectivity index is 1.41. The number of hydrogen-bond acceptors (Lipinski definition) is 3. The van der Waals surface area contributed by atoms with Crippen LogP contribution in [0.15, 0.2) is 30.3 Å². The molecule has 0 unspecified atom stereocenters. The van der Waals surface area contributed by atoms with E-state index in [1.807, 2.05) is 26.8 Å². The van der Waals surface area contributed by atoms with Crippen LogP contribution in [0.1, 0.15) is 44.7 Å². The maximum absolute atomic E-state index is 12.9. The van der Waals surface area contributed by atoms with E-state index < -0.39 is 5.60 Å². The lowest BCUT2D eigenvalue weighted by atomic mass is 9.95. The van der Waals surface area contributed by atoms with Crippen molar-refractivity contribution in [1.29, 1.82) is 0 Å². The summed E-state index contributed by atoms with van der Waals surface area (Å²) in [6.45, 7) is 6.70. The fourth-order valence-corrected chi connectivity index (χ4v) is 4.24. The fourth-order valence-electron chi connectivity index (χ4n) is 4.24. The lowest BCUT2D eigenvalue weighted by Gasteiger charge is -2.33. The van der Waals surface area contributed by atoms with Gasteiger partial charge in [0.05, 0.1) is 0 Å². The molecule has 4 rings (SSSR count). The van der Waals surface area contributed by atoms with Gasteiger partial charge in [0.15, 0.2) is 0 Å². The van der Waals surface area contributed by atoms with Gasteiger partial charge in [-0.2, -0.15) is 0 Å². The third-order valence-corrected chi connectivity index (χ3v) is 5.65. The highest BCUT2D eigenvalue weighted by Gasteiger charge is 2.30. The largest absolute Gasteiger partial charge is 0.444 e. The number of ether oxygens (including phenoxy) is 1. The molecule has 2 aromatic rings. The SMILES string of the molecule is CC(C)(C)OC(=O)N1CCC(C(=O)Nc2ccc3c4c(cccc24)CC3)CC1. The maximum Gasteiger partial charge on any atom is 0.410 e. The molecule has 0 atom stereocenters. The lowest BCUT2D eigenvalue weighted by Crippen LogP contribution is -2.43. The van der Waals surface area contributed by atoms with E-state index in [9.17, 15) is 9.59 Å². The zero-order valence-corrected chi connectivity index (χ0v) is 16.9. The summed E-state index contributed by atoms with van der Waals surface area (Å²) >= 11 is 0. The molecular weight excluding hydrogens is 352 g/mol. The van der Waals surface area contributed by atoms with Crippen molar-refractivity contribution in [2.75, 3.05) is 18.4 Å². The van der Waals surface area contributed by atoms with Gasteiger partial charge in [0.1, 0.15) is 5.60 Å². The normalized spacial score (nSPS) is 17.0. The predicted molar refractivity (Wildman–Crippen MR) is 111 cm³/mol. The number of nitrogens with one attached hydrogen (secondary N) is 1. The Kier molecular flexibility index (Phi) is 4.77. The van der Waals surface area contributed by atoms with Crippen molar-refractivity contribution in [2.24, 2.45) is 5.92 Å². The number of likely N-dealkylation sites (tertiary alicyclic amines) is 1. The van der Waals surface area contributed by atoms with Gasteiger partial charge in [-0.3, -0.25) is 4.79 Å². The van der Waals surface area contributed by atoms with Gasteiger partial charge in [-0.05, 0) is 69.0 Å². The fraction of sp³-hybridized carbons (Fsp3) is 0.478. The van der Waals surface area contributed by atoms with E-state index in [4.69, 9.17) is 4.74 Å². The second-order valence-electron chi connectivity index (χ2n) is 8.84. The first-order chi connectivity index (χ1) is 13.3. The van der Waals surface area contributed by atoms with Crippen molar-refractivity contribution in [3.63, 3.8) is 0 Å². The zero-order valence-electron chi connectivity index (χ0n) is 16.9. The first-order valence-electron chi connectivity index (χ1n) is 10.1. The topological polar surface area (TPSA) is 58.6 Å². The molecule has 0 spiro atoms. The average molecular weight is 380 g/mol. The van der Waals surface area contributed by atoms with Crippen LogP contribution in [0.3, 0.4) is 0 Å². The number of hydrogen-bond donors (Lipinski definition) is 1. The van der Waals surface area contributed by atoms with Crippen LogP contribution in [0, 0.1) is 5.92 Å². The third kappa shape index (κ3) is 3.71. The van der Waals surface area contributed by atoms with Crippen molar-refractivity contribution >= 4 is 28.5 Å². The number of carbonyl (C=O) groups excluding carboxylic acids is 2. The molecule has 2 aromatic carbocycles. The Morgan fingerprint density at radius 1 is 1.04 bits per heavy atom. The third-order valence-electron chi connectivity index (χ3n) is 5.65. The van der Waals surface area contributed by atoms with Gasteiger partial charge < -0.3 is 15.0 Å². The average Bonchev–Trinajstić information content (AvgIpc) is 3.07. The van der Waals surface area contributed by atoms with Crippen LogP contribution in [0.4, 0.5) is 10.5 Å². The van der Waals surface area contributed by atoms with Crippen LogP contribution < -0.4 is 5.32 Å². The minimum absolute atomic E-state index is 0.0440. The van der Waals surface area contributed by atoms with Gasteiger partial charge in [-0.1, -0.05) is 24.3 Å². The Hall–Kier alpha value is -2.56. The summed E-state index contributed by atoms with van der Waals surface area (Å²) in [5.74, 6) is -0.0377. The zero-order chi connectivity index (χ0) is 19.9. The summed E-state index contributed by atoms with van der Waals surface area (Å²) in [5, 5.41) is 5.58. The van der Waals surface area contributed by atoms with Crippen molar-refractivity contribution in [3.05, 3.63) is 41.5 Å². The first-order valence-corrected chi connectivity index (χ1v) is 10.1. The molecule has 148 valence electrons. The number of benzene rings is 2. The molecular formula is C23H28N2O3. The summed E-state index contributed by atoms with van der Waals surface area (Å²) in [6.07, 6.45) is 3.18. The highest BCUT2D eigenvalue weighted by Crippen LogP contribution is 2.35.